The van der Waals surface area contributed by atoms with Gasteiger partial charge in [-0.1, -0.05) is 19.1 Å². The third-order valence-electron chi connectivity index (χ3n) is 3.06. The minimum absolute atomic E-state index is 0.0157. The van der Waals surface area contributed by atoms with Crippen molar-refractivity contribution in [1.29, 1.82) is 5.26 Å². The van der Waals surface area contributed by atoms with Crippen molar-refractivity contribution >= 4 is 5.91 Å². The second kappa shape index (κ2) is 8.28. The van der Waals surface area contributed by atoms with Gasteiger partial charge in [0.2, 0.25) is 5.91 Å². The van der Waals surface area contributed by atoms with Crippen molar-refractivity contribution in [3.05, 3.63) is 35.1 Å². The zero-order valence-corrected chi connectivity index (χ0v) is 11.9. The Morgan fingerprint density at radius 1 is 1.50 bits per heavy atom. The Labute approximate surface area is 119 Å². The van der Waals surface area contributed by atoms with Gasteiger partial charge in [0.05, 0.1) is 5.56 Å². The average molecular weight is 277 g/mol. The fourth-order valence-corrected chi connectivity index (χ4v) is 1.68. The molecule has 0 aromatic heterocycles. The van der Waals surface area contributed by atoms with E-state index in [0.717, 1.165) is 6.42 Å². The minimum Gasteiger partial charge on any atom is -0.354 e. The average Bonchev–Trinajstić information content (AvgIpc) is 2.44. The molecule has 1 aromatic rings. The summed E-state index contributed by atoms with van der Waals surface area (Å²) in [6.07, 6.45) is 1.25. The van der Waals surface area contributed by atoms with Gasteiger partial charge in [0.25, 0.3) is 0 Å². The molecule has 0 bridgehead atoms. The van der Waals surface area contributed by atoms with Gasteiger partial charge in [0.1, 0.15) is 11.9 Å². The number of nitrogens with one attached hydrogen (secondary N) is 2. The van der Waals surface area contributed by atoms with E-state index in [1.54, 1.807) is 18.2 Å². The van der Waals surface area contributed by atoms with Crippen molar-refractivity contribution in [1.82, 2.24) is 10.6 Å². The quantitative estimate of drug-likeness (QED) is 0.750. The summed E-state index contributed by atoms with van der Waals surface area (Å²) in [5.74, 6) is -0.510. The molecule has 0 aliphatic heterocycles. The molecule has 4 nitrogen and oxygen atoms in total. The summed E-state index contributed by atoms with van der Waals surface area (Å²) in [5.41, 5.74) is 0.477. The van der Waals surface area contributed by atoms with Gasteiger partial charge in [-0.15, -0.1) is 0 Å². The molecule has 1 amide bonds. The van der Waals surface area contributed by atoms with Gasteiger partial charge in [-0.2, -0.15) is 5.26 Å². The van der Waals surface area contributed by atoms with Crippen LogP contribution in [0.5, 0.6) is 0 Å². The number of hydrogen-bond acceptors (Lipinski definition) is 3. The zero-order valence-electron chi connectivity index (χ0n) is 11.9. The first-order chi connectivity index (χ1) is 9.58. The van der Waals surface area contributed by atoms with Crippen molar-refractivity contribution in [3.63, 3.8) is 0 Å². The highest BCUT2D eigenvalue weighted by Crippen LogP contribution is 2.11. The normalized spacial score (nSPS) is 11.7. The summed E-state index contributed by atoms with van der Waals surface area (Å²) < 4.78 is 13.7. The van der Waals surface area contributed by atoms with E-state index in [2.05, 4.69) is 10.6 Å². The number of nitriles is 1. The van der Waals surface area contributed by atoms with Crippen molar-refractivity contribution in [2.24, 2.45) is 0 Å². The van der Waals surface area contributed by atoms with E-state index >= 15 is 0 Å². The van der Waals surface area contributed by atoms with Crippen LogP contribution in [0, 0.1) is 17.1 Å². The molecule has 0 saturated heterocycles. The van der Waals surface area contributed by atoms with Crippen LogP contribution in [0.2, 0.25) is 0 Å². The standard InChI is InChI=1S/C15H20FN3O/c1-3-11(2)19-14(20)7-8-18-10-13-6-4-5-12(9-17)15(13)16/h4-6,11,18H,3,7-8,10H2,1-2H3,(H,19,20). The third kappa shape index (κ3) is 4.98. The first-order valence-corrected chi connectivity index (χ1v) is 6.76. The molecule has 1 unspecified atom stereocenters. The Hall–Kier alpha value is -1.93. The van der Waals surface area contributed by atoms with Crippen LogP contribution in [0.15, 0.2) is 18.2 Å². The van der Waals surface area contributed by atoms with E-state index in [1.165, 1.54) is 6.07 Å². The van der Waals surface area contributed by atoms with Crippen molar-refractivity contribution in [3.8, 4) is 6.07 Å². The lowest BCUT2D eigenvalue weighted by molar-refractivity contribution is -0.121. The summed E-state index contributed by atoms with van der Waals surface area (Å²) in [6.45, 7) is 4.73. The van der Waals surface area contributed by atoms with Gasteiger partial charge in [-0.25, -0.2) is 4.39 Å². The lowest BCUT2D eigenvalue weighted by atomic mass is 10.1. The Kier molecular flexibility index (Phi) is 6.68. The first kappa shape index (κ1) is 16.1. The predicted octanol–water partition coefficient (Wildman–Crippen LogP) is 2.09. The number of halogens is 1. The fourth-order valence-electron chi connectivity index (χ4n) is 1.68. The minimum atomic E-state index is -0.494. The van der Waals surface area contributed by atoms with Crippen molar-refractivity contribution in [2.75, 3.05) is 6.54 Å². The van der Waals surface area contributed by atoms with E-state index in [-0.39, 0.29) is 17.5 Å². The van der Waals surface area contributed by atoms with Crippen LogP contribution in [-0.4, -0.2) is 18.5 Å². The molecule has 1 rings (SSSR count). The number of rotatable bonds is 7. The second-order valence-corrected chi connectivity index (χ2v) is 4.69. The van der Waals surface area contributed by atoms with Crippen molar-refractivity contribution < 1.29 is 9.18 Å². The largest absolute Gasteiger partial charge is 0.354 e. The first-order valence-electron chi connectivity index (χ1n) is 6.76. The molecule has 2 N–H and O–H groups in total. The summed E-state index contributed by atoms with van der Waals surface area (Å²) in [7, 11) is 0. The van der Waals surface area contributed by atoms with Gasteiger partial charge < -0.3 is 10.6 Å². The zero-order chi connectivity index (χ0) is 15.0. The molecule has 0 spiro atoms. The molecule has 1 atom stereocenters. The highest BCUT2D eigenvalue weighted by molar-refractivity contribution is 5.76. The topological polar surface area (TPSA) is 64.9 Å². The van der Waals surface area contributed by atoms with E-state index in [4.69, 9.17) is 5.26 Å². The maximum atomic E-state index is 13.7. The fraction of sp³-hybridized carbons (Fsp3) is 0.467. The molecular formula is C15H20FN3O. The van der Waals surface area contributed by atoms with Gasteiger partial charge in [-0.3, -0.25) is 4.79 Å². The van der Waals surface area contributed by atoms with E-state index in [1.807, 2.05) is 13.8 Å². The summed E-state index contributed by atoms with van der Waals surface area (Å²) in [5, 5.41) is 14.6. The highest BCUT2D eigenvalue weighted by atomic mass is 19.1. The van der Waals surface area contributed by atoms with Crippen LogP contribution in [0.4, 0.5) is 4.39 Å². The van der Waals surface area contributed by atoms with Crippen LogP contribution in [0.1, 0.15) is 37.8 Å². The second-order valence-electron chi connectivity index (χ2n) is 4.69. The van der Waals surface area contributed by atoms with Crippen LogP contribution < -0.4 is 10.6 Å². The predicted molar refractivity (Wildman–Crippen MR) is 75.3 cm³/mol. The number of carbonyl (C=O) groups excluding carboxylic acids is 1. The number of carbonyl (C=O) groups is 1. The molecule has 1 aromatic carbocycles. The lowest BCUT2D eigenvalue weighted by Gasteiger charge is -2.11. The van der Waals surface area contributed by atoms with E-state index < -0.39 is 5.82 Å². The van der Waals surface area contributed by atoms with Gasteiger partial charge in [-0.05, 0) is 19.4 Å². The molecule has 0 aliphatic rings. The smallest absolute Gasteiger partial charge is 0.221 e. The molecule has 108 valence electrons. The number of benzene rings is 1. The van der Waals surface area contributed by atoms with Gasteiger partial charge in [0.15, 0.2) is 0 Å². The SMILES string of the molecule is CCC(C)NC(=O)CCNCc1cccc(C#N)c1F. The molecular weight excluding hydrogens is 257 g/mol. The maximum Gasteiger partial charge on any atom is 0.221 e. The highest BCUT2D eigenvalue weighted by Gasteiger charge is 2.08. The molecule has 20 heavy (non-hydrogen) atoms. The number of hydrogen-bond donors (Lipinski definition) is 2. The summed E-state index contributed by atoms with van der Waals surface area (Å²) >= 11 is 0. The van der Waals surface area contributed by atoms with Crippen molar-refractivity contribution in [2.45, 2.75) is 39.3 Å². The van der Waals surface area contributed by atoms with Crippen LogP contribution in [0.3, 0.4) is 0 Å². The molecule has 0 radical (unpaired) electrons. The molecule has 0 heterocycles. The number of amides is 1. The van der Waals surface area contributed by atoms with E-state index in [0.29, 0.717) is 25.1 Å². The Balaban J connectivity index is 2.35. The third-order valence-corrected chi connectivity index (χ3v) is 3.06. The Morgan fingerprint density at radius 3 is 2.90 bits per heavy atom. The molecule has 0 saturated carbocycles. The van der Waals surface area contributed by atoms with Gasteiger partial charge in [0, 0.05) is 31.1 Å². The van der Waals surface area contributed by atoms with Crippen LogP contribution in [0.25, 0.3) is 0 Å². The Morgan fingerprint density at radius 2 is 2.25 bits per heavy atom. The summed E-state index contributed by atoms with van der Waals surface area (Å²) in [6, 6.07) is 6.70. The molecule has 0 fully saturated rings. The maximum absolute atomic E-state index is 13.7. The van der Waals surface area contributed by atoms with Crippen LogP contribution >= 0.6 is 0 Å². The summed E-state index contributed by atoms with van der Waals surface area (Å²) in [4.78, 5) is 11.5. The van der Waals surface area contributed by atoms with Gasteiger partial charge >= 0.3 is 0 Å². The lowest BCUT2D eigenvalue weighted by Crippen LogP contribution is -2.33. The molecule has 5 heteroatoms. The number of nitrogens with zero attached hydrogens (tertiary/aromatic N) is 1. The van der Waals surface area contributed by atoms with E-state index in [9.17, 15) is 9.18 Å². The van der Waals surface area contributed by atoms with Crippen LogP contribution in [-0.2, 0) is 11.3 Å². The monoisotopic (exact) mass is 277 g/mol. The Bertz CT molecular complexity index is 496. The molecule has 0 aliphatic carbocycles.